The first-order valence-corrected chi connectivity index (χ1v) is 9.19. The highest BCUT2D eigenvalue weighted by Gasteiger charge is 2.54. The Hall–Kier alpha value is -2.83. The molecule has 1 saturated carbocycles. The number of hydrogen-bond donors (Lipinski definition) is 1. The van der Waals surface area contributed by atoms with Crippen LogP contribution in [0.4, 0.5) is 4.79 Å². The number of fused-ring (bicyclic) bond motifs is 1. The molecule has 1 spiro atoms. The Bertz CT molecular complexity index is 982. The Morgan fingerprint density at radius 3 is 2.81 bits per heavy atom. The largest absolute Gasteiger partial charge is 0.497 e. The van der Waals surface area contributed by atoms with Crippen LogP contribution < -0.4 is 15.7 Å². The number of carbonyl (C=O) groups excluding carboxylic acids is 2. The maximum atomic E-state index is 13.2. The Balaban J connectivity index is 1.71. The summed E-state index contributed by atoms with van der Waals surface area (Å²) in [6, 6.07) is 6.08. The fraction of sp³-hybridized carbons (Fsp3) is 0.450. The summed E-state index contributed by atoms with van der Waals surface area (Å²) in [6.07, 6.45) is 3.56. The zero-order valence-corrected chi connectivity index (χ0v) is 15.4. The van der Waals surface area contributed by atoms with Crippen LogP contribution in [0.3, 0.4) is 0 Å². The highest BCUT2D eigenvalue weighted by molar-refractivity contribution is 6.07. The van der Waals surface area contributed by atoms with Crippen molar-refractivity contribution in [1.29, 1.82) is 0 Å². The van der Waals surface area contributed by atoms with E-state index < -0.39 is 17.2 Å². The fourth-order valence-electron chi connectivity index (χ4n) is 4.28. The van der Waals surface area contributed by atoms with E-state index in [9.17, 15) is 14.4 Å². The van der Waals surface area contributed by atoms with E-state index in [4.69, 9.17) is 9.15 Å². The van der Waals surface area contributed by atoms with E-state index in [0.717, 1.165) is 19.3 Å². The van der Waals surface area contributed by atoms with E-state index in [2.05, 4.69) is 5.32 Å². The van der Waals surface area contributed by atoms with Crippen molar-refractivity contribution in [3.63, 3.8) is 0 Å². The third kappa shape index (κ3) is 2.78. The minimum absolute atomic E-state index is 0.0353. The first-order chi connectivity index (χ1) is 12.9. The summed E-state index contributed by atoms with van der Waals surface area (Å²) in [7, 11) is 1.53. The number of methoxy groups -OCH3 is 1. The molecule has 27 heavy (non-hydrogen) atoms. The molecule has 7 heteroatoms. The second kappa shape index (κ2) is 6.40. The van der Waals surface area contributed by atoms with Gasteiger partial charge in [-0.05, 0) is 36.5 Å². The molecule has 2 aromatic rings. The molecule has 7 nitrogen and oxygen atoms in total. The van der Waals surface area contributed by atoms with Gasteiger partial charge in [0.05, 0.1) is 13.7 Å². The maximum absolute atomic E-state index is 13.2. The molecule has 1 aliphatic carbocycles. The molecule has 2 fully saturated rings. The van der Waals surface area contributed by atoms with Crippen molar-refractivity contribution in [2.24, 2.45) is 5.92 Å². The van der Waals surface area contributed by atoms with Crippen molar-refractivity contribution in [3.05, 3.63) is 40.2 Å². The third-order valence-electron chi connectivity index (χ3n) is 5.87. The van der Waals surface area contributed by atoms with E-state index in [1.807, 2.05) is 6.92 Å². The molecule has 0 unspecified atom stereocenters. The second-order valence-corrected chi connectivity index (χ2v) is 7.39. The SMILES string of the molecule is COc1ccc2c(CN3C(=O)N[C@]4(CCCC[C@H]4C)C3=O)cc(=O)oc2c1. The van der Waals surface area contributed by atoms with Crippen LogP contribution in [0, 0.1) is 5.92 Å². The minimum atomic E-state index is -0.812. The smallest absolute Gasteiger partial charge is 0.336 e. The van der Waals surface area contributed by atoms with Gasteiger partial charge in [0, 0.05) is 17.5 Å². The van der Waals surface area contributed by atoms with Crippen LogP contribution in [-0.4, -0.2) is 29.5 Å². The molecule has 1 N–H and O–H groups in total. The lowest BCUT2D eigenvalue weighted by atomic mass is 9.73. The van der Waals surface area contributed by atoms with E-state index in [0.29, 0.717) is 28.7 Å². The highest BCUT2D eigenvalue weighted by atomic mass is 16.5. The summed E-state index contributed by atoms with van der Waals surface area (Å²) < 4.78 is 10.4. The van der Waals surface area contributed by atoms with Gasteiger partial charge in [-0.15, -0.1) is 0 Å². The van der Waals surface area contributed by atoms with Crippen LogP contribution in [0.25, 0.3) is 11.0 Å². The molecule has 4 rings (SSSR count). The zero-order valence-electron chi connectivity index (χ0n) is 15.4. The third-order valence-corrected chi connectivity index (χ3v) is 5.87. The van der Waals surface area contributed by atoms with Crippen LogP contribution in [0.2, 0.25) is 0 Å². The molecule has 1 aromatic carbocycles. The molecule has 142 valence electrons. The summed E-state index contributed by atoms with van der Waals surface area (Å²) in [5.41, 5.74) is -0.399. The molecule has 2 aliphatic rings. The Morgan fingerprint density at radius 1 is 1.26 bits per heavy atom. The van der Waals surface area contributed by atoms with Crippen LogP contribution >= 0.6 is 0 Å². The molecule has 0 radical (unpaired) electrons. The number of carbonyl (C=O) groups is 2. The quantitative estimate of drug-likeness (QED) is 0.663. The van der Waals surface area contributed by atoms with E-state index in [-0.39, 0.29) is 18.4 Å². The summed E-state index contributed by atoms with van der Waals surface area (Å²) in [6.45, 7) is 2.05. The molecule has 1 aromatic heterocycles. The number of amides is 3. The number of benzene rings is 1. The molecule has 0 bridgehead atoms. The monoisotopic (exact) mass is 370 g/mol. The van der Waals surface area contributed by atoms with Crippen LogP contribution in [-0.2, 0) is 11.3 Å². The van der Waals surface area contributed by atoms with Crippen molar-refractivity contribution in [2.45, 2.75) is 44.7 Å². The average Bonchev–Trinajstić information content (AvgIpc) is 2.88. The van der Waals surface area contributed by atoms with Gasteiger partial charge in [-0.25, -0.2) is 9.59 Å². The van der Waals surface area contributed by atoms with Gasteiger partial charge in [0.1, 0.15) is 16.9 Å². The predicted octanol–water partition coefficient (Wildman–Crippen LogP) is 2.80. The van der Waals surface area contributed by atoms with Crippen LogP contribution in [0.15, 0.2) is 33.5 Å². The normalized spacial score (nSPS) is 25.3. The number of imide groups is 1. The van der Waals surface area contributed by atoms with Gasteiger partial charge in [0.15, 0.2) is 0 Å². The minimum Gasteiger partial charge on any atom is -0.497 e. The van der Waals surface area contributed by atoms with Crippen molar-refractivity contribution in [2.75, 3.05) is 7.11 Å². The fourth-order valence-corrected chi connectivity index (χ4v) is 4.28. The van der Waals surface area contributed by atoms with E-state index in [1.165, 1.54) is 18.1 Å². The summed E-state index contributed by atoms with van der Waals surface area (Å²) in [5.74, 6) is 0.455. The second-order valence-electron chi connectivity index (χ2n) is 7.39. The topological polar surface area (TPSA) is 88.9 Å². The van der Waals surface area contributed by atoms with Gasteiger partial charge in [-0.2, -0.15) is 0 Å². The number of urea groups is 1. The zero-order chi connectivity index (χ0) is 19.2. The van der Waals surface area contributed by atoms with Crippen LogP contribution in [0.5, 0.6) is 5.75 Å². The lowest BCUT2D eigenvalue weighted by molar-refractivity contribution is -0.134. The molecule has 1 aliphatic heterocycles. The summed E-state index contributed by atoms with van der Waals surface area (Å²) in [5, 5.41) is 3.61. The Kier molecular flexibility index (Phi) is 4.17. The molecule has 3 amide bonds. The maximum Gasteiger partial charge on any atom is 0.336 e. The van der Waals surface area contributed by atoms with Gasteiger partial charge >= 0.3 is 11.7 Å². The van der Waals surface area contributed by atoms with Gasteiger partial charge in [0.2, 0.25) is 0 Å². The predicted molar refractivity (Wildman–Crippen MR) is 98.5 cm³/mol. The molecule has 1 saturated heterocycles. The standard InChI is InChI=1S/C20H22N2O5/c1-12-5-3-4-8-20(12)18(24)22(19(25)21-20)11-13-9-17(23)27-16-10-14(26-2)6-7-15(13)16/h6-7,9-10,12H,3-5,8,11H2,1-2H3,(H,21,25)/t12-,20+/m1/s1. The number of nitrogens with zero attached hydrogens (tertiary/aromatic N) is 1. The van der Waals surface area contributed by atoms with Gasteiger partial charge in [-0.1, -0.05) is 19.8 Å². The van der Waals surface area contributed by atoms with E-state index >= 15 is 0 Å². The first-order valence-electron chi connectivity index (χ1n) is 9.19. The first kappa shape index (κ1) is 17.6. The van der Waals surface area contributed by atoms with Crippen LogP contribution in [0.1, 0.15) is 38.2 Å². The lowest BCUT2D eigenvalue weighted by Gasteiger charge is -2.36. The van der Waals surface area contributed by atoms with Crippen molar-refractivity contribution in [3.8, 4) is 5.75 Å². The van der Waals surface area contributed by atoms with Gasteiger partial charge in [-0.3, -0.25) is 9.69 Å². The molecule has 2 atom stereocenters. The number of rotatable bonds is 3. The molecule has 2 heterocycles. The Labute approximate surface area is 156 Å². The number of hydrogen-bond acceptors (Lipinski definition) is 5. The molecular weight excluding hydrogens is 348 g/mol. The van der Waals surface area contributed by atoms with Crippen molar-refractivity contribution < 1.29 is 18.7 Å². The van der Waals surface area contributed by atoms with Crippen molar-refractivity contribution in [1.82, 2.24) is 10.2 Å². The molecular formula is C20H22N2O5. The highest BCUT2D eigenvalue weighted by Crippen LogP contribution is 2.38. The van der Waals surface area contributed by atoms with E-state index in [1.54, 1.807) is 18.2 Å². The van der Waals surface area contributed by atoms with Gasteiger partial charge in [0.25, 0.3) is 5.91 Å². The number of ether oxygens (including phenoxy) is 1. The lowest BCUT2D eigenvalue weighted by Crippen LogP contribution is -2.53. The summed E-state index contributed by atoms with van der Waals surface area (Å²) in [4.78, 5) is 39.0. The average molecular weight is 370 g/mol. The number of nitrogens with one attached hydrogen (secondary N) is 1. The Morgan fingerprint density at radius 2 is 2.07 bits per heavy atom. The van der Waals surface area contributed by atoms with Gasteiger partial charge < -0.3 is 14.5 Å². The van der Waals surface area contributed by atoms with Crippen molar-refractivity contribution >= 4 is 22.9 Å². The summed E-state index contributed by atoms with van der Waals surface area (Å²) >= 11 is 0.